The third-order valence-electron chi connectivity index (χ3n) is 5.04. The number of rotatable bonds is 2. The average Bonchev–Trinajstić information content (AvgIpc) is 3.13. The van der Waals surface area contributed by atoms with E-state index in [1.54, 1.807) is 6.33 Å². The third-order valence-corrected chi connectivity index (χ3v) is 5.04. The Hall–Kier alpha value is -2.69. The Balaban J connectivity index is 1.59. The van der Waals surface area contributed by atoms with Gasteiger partial charge in [0.25, 0.3) is 0 Å². The molecule has 3 aromatic rings. The molecule has 0 fully saturated rings. The first-order valence-electron chi connectivity index (χ1n) is 8.63. The van der Waals surface area contributed by atoms with Crippen LogP contribution >= 0.6 is 0 Å². The zero-order valence-corrected chi connectivity index (χ0v) is 13.5. The van der Waals surface area contributed by atoms with Crippen molar-refractivity contribution in [2.24, 2.45) is 4.99 Å². The van der Waals surface area contributed by atoms with E-state index in [0.29, 0.717) is 0 Å². The lowest BCUT2D eigenvalue weighted by Gasteiger charge is -2.09. The van der Waals surface area contributed by atoms with Crippen LogP contribution in [0.25, 0.3) is 11.0 Å². The molecule has 24 heavy (non-hydrogen) atoms. The van der Waals surface area contributed by atoms with E-state index in [1.165, 1.54) is 41.6 Å². The predicted octanol–water partition coefficient (Wildman–Crippen LogP) is 3.90. The molecule has 2 aromatic heterocycles. The first-order valence-corrected chi connectivity index (χ1v) is 8.63. The van der Waals surface area contributed by atoms with E-state index in [0.717, 1.165) is 41.9 Å². The van der Waals surface area contributed by atoms with Crippen LogP contribution in [-0.2, 0) is 19.4 Å². The van der Waals surface area contributed by atoms with Gasteiger partial charge in [-0.3, -0.25) is 4.99 Å². The van der Waals surface area contributed by atoms with Gasteiger partial charge in [-0.05, 0) is 54.5 Å². The number of nitrogens with one attached hydrogen (secondary N) is 2. The van der Waals surface area contributed by atoms with E-state index in [9.17, 15) is 0 Å². The second-order valence-electron chi connectivity index (χ2n) is 6.60. The molecular weight excluding hydrogens is 298 g/mol. The molecule has 5 rings (SSSR count). The molecule has 1 aromatic carbocycles. The Morgan fingerprint density at radius 2 is 2.00 bits per heavy atom. The maximum absolute atomic E-state index is 4.53. The number of aryl methyl sites for hydroxylation is 2. The predicted molar refractivity (Wildman–Crippen MR) is 96.2 cm³/mol. The number of aliphatic imine (C=N–C) groups is 1. The van der Waals surface area contributed by atoms with Gasteiger partial charge >= 0.3 is 0 Å². The van der Waals surface area contributed by atoms with Crippen molar-refractivity contribution in [3.63, 3.8) is 0 Å². The normalized spacial score (nSPS) is 16.0. The second kappa shape index (κ2) is 5.44. The monoisotopic (exact) mass is 317 g/mol. The summed E-state index contributed by atoms with van der Waals surface area (Å²) in [5.74, 6) is 0.897. The molecule has 2 aliphatic rings. The maximum atomic E-state index is 4.53. The number of hydrogen-bond donors (Lipinski definition) is 2. The van der Waals surface area contributed by atoms with Crippen molar-refractivity contribution in [3.8, 4) is 0 Å². The summed E-state index contributed by atoms with van der Waals surface area (Å²) >= 11 is 0. The van der Waals surface area contributed by atoms with Gasteiger partial charge in [-0.2, -0.15) is 0 Å². The van der Waals surface area contributed by atoms with Gasteiger partial charge in [0.05, 0.1) is 11.9 Å². The Labute approximate surface area is 140 Å². The van der Waals surface area contributed by atoms with Gasteiger partial charge in [0, 0.05) is 17.6 Å². The van der Waals surface area contributed by atoms with E-state index >= 15 is 0 Å². The Bertz CT molecular complexity index is 954. The highest BCUT2D eigenvalue weighted by molar-refractivity contribution is 5.94. The molecule has 120 valence electrons. The SMILES string of the molecule is C1=NCc2ccc(Nc3ncnc4[nH]c5c(c34)CCCCC5)cc21. The van der Waals surface area contributed by atoms with E-state index in [4.69, 9.17) is 0 Å². The quantitative estimate of drug-likeness (QED) is 0.704. The minimum atomic E-state index is 0.790. The Kier molecular flexibility index (Phi) is 3.11. The van der Waals surface area contributed by atoms with Crippen LogP contribution in [0.4, 0.5) is 11.5 Å². The zero-order chi connectivity index (χ0) is 15.9. The lowest BCUT2D eigenvalue weighted by molar-refractivity contribution is 0.708. The molecule has 0 unspecified atom stereocenters. The maximum Gasteiger partial charge on any atom is 0.143 e. The summed E-state index contributed by atoms with van der Waals surface area (Å²) in [6.45, 7) is 0.790. The zero-order valence-electron chi connectivity index (χ0n) is 13.5. The van der Waals surface area contributed by atoms with Crippen molar-refractivity contribution in [2.75, 3.05) is 5.32 Å². The number of nitrogens with zero attached hydrogens (tertiary/aromatic N) is 3. The smallest absolute Gasteiger partial charge is 0.143 e. The van der Waals surface area contributed by atoms with Gasteiger partial charge in [0.1, 0.15) is 17.8 Å². The molecule has 5 nitrogen and oxygen atoms in total. The van der Waals surface area contributed by atoms with Crippen LogP contribution < -0.4 is 5.32 Å². The molecule has 0 spiro atoms. The number of fused-ring (bicyclic) bond motifs is 4. The van der Waals surface area contributed by atoms with Crippen molar-refractivity contribution >= 4 is 28.8 Å². The number of aromatic amines is 1. The van der Waals surface area contributed by atoms with E-state index < -0.39 is 0 Å². The standard InChI is InChI=1S/C19H19N5/c1-2-4-15-16(5-3-1)24-19-17(15)18(21-11-22-19)23-14-7-6-12-9-20-10-13(12)8-14/h6-8,10-11H,1-5,9H2,(H2,21,22,23,24). The molecule has 0 saturated heterocycles. The summed E-state index contributed by atoms with van der Waals surface area (Å²) < 4.78 is 0. The molecule has 2 N–H and O–H groups in total. The molecular formula is C19H19N5. The molecule has 1 aliphatic carbocycles. The highest BCUT2D eigenvalue weighted by atomic mass is 15.0. The first kappa shape index (κ1) is 13.7. The van der Waals surface area contributed by atoms with Crippen molar-refractivity contribution in [1.29, 1.82) is 0 Å². The molecule has 0 bridgehead atoms. The topological polar surface area (TPSA) is 66.0 Å². The molecule has 5 heteroatoms. The van der Waals surface area contributed by atoms with Crippen LogP contribution in [0.5, 0.6) is 0 Å². The molecule has 0 amide bonds. The van der Waals surface area contributed by atoms with E-state index in [2.05, 4.69) is 43.5 Å². The first-order chi connectivity index (χ1) is 11.9. The van der Waals surface area contributed by atoms with Crippen molar-refractivity contribution in [1.82, 2.24) is 15.0 Å². The summed E-state index contributed by atoms with van der Waals surface area (Å²) in [5, 5.41) is 4.66. The number of aromatic nitrogens is 3. The lowest BCUT2D eigenvalue weighted by Crippen LogP contribution is -1.98. The third kappa shape index (κ3) is 2.19. The minimum Gasteiger partial charge on any atom is -0.343 e. The number of anilines is 2. The highest BCUT2D eigenvalue weighted by Crippen LogP contribution is 2.33. The van der Waals surface area contributed by atoms with Gasteiger partial charge in [-0.1, -0.05) is 12.5 Å². The van der Waals surface area contributed by atoms with Gasteiger partial charge < -0.3 is 10.3 Å². The van der Waals surface area contributed by atoms with Crippen LogP contribution in [0.1, 0.15) is 41.6 Å². The summed E-state index contributed by atoms with van der Waals surface area (Å²) in [5.41, 5.74) is 7.20. The van der Waals surface area contributed by atoms with Gasteiger partial charge in [-0.25, -0.2) is 9.97 Å². The molecule has 3 heterocycles. The number of benzene rings is 1. The minimum absolute atomic E-state index is 0.790. The highest BCUT2D eigenvalue weighted by Gasteiger charge is 2.18. The van der Waals surface area contributed by atoms with Gasteiger partial charge in [-0.15, -0.1) is 0 Å². The van der Waals surface area contributed by atoms with E-state index in [-0.39, 0.29) is 0 Å². The van der Waals surface area contributed by atoms with Crippen molar-refractivity contribution in [2.45, 2.75) is 38.6 Å². The molecule has 0 radical (unpaired) electrons. The van der Waals surface area contributed by atoms with Crippen LogP contribution in [0.3, 0.4) is 0 Å². The molecule has 0 saturated carbocycles. The van der Waals surface area contributed by atoms with Gasteiger partial charge in [0.2, 0.25) is 0 Å². The Morgan fingerprint density at radius 1 is 1.04 bits per heavy atom. The Morgan fingerprint density at radius 3 is 3.00 bits per heavy atom. The van der Waals surface area contributed by atoms with Gasteiger partial charge in [0.15, 0.2) is 0 Å². The average molecular weight is 317 g/mol. The summed E-state index contributed by atoms with van der Waals surface area (Å²) in [7, 11) is 0. The largest absolute Gasteiger partial charge is 0.343 e. The fourth-order valence-electron chi connectivity index (χ4n) is 3.82. The fraction of sp³-hybridized carbons (Fsp3) is 0.316. The second-order valence-corrected chi connectivity index (χ2v) is 6.60. The van der Waals surface area contributed by atoms with Crippen LogP contribution in [0.2, 0.25) is 0 Å². The van der Waals surface area contributed by atoms with Crippen LogP contribution in [0.15, 0.2) is 29.5 Å². The fourth-order valence-corrected chi connectivity index (χ4v) is 3.82. The van der Waals surface area contributed by atoms with Crippen molar-refractivity contribution < 1.29 is 0 Å². The molecule has 0 atom stereocenters. The summed E-state index contributed by atoms with van der Waals surface area (Å²) in [6, 6.07) is 6.39. The molecule has 1 aliphatic heterocycles. The number of hydrogen-bond acceptors (Lipinski definition) is 4. The summed E-state index contributed by atoms with van der Waals surface area (Å²) in [4.78, 5) is 16.8. The van der Waals surface area contributed by atoms with Crippen LogP contribution in [-0.4, -0.2) is 21.2 Å². The van der Waals surface area contributed by atoms with E-state index in [1.807, 2.05) is 6.21 Å². The lowest BCUT2D eigenvalue weighted by atomic mass is 10.1. The number of H-pyrrole nitrogens is 1. The van der Waals surface area contributed by atoms with Crippen molar-refractivity contribution in [3.05, 3.63) is 46.9 Å². The van der Waals surface area contributed by atoms with Crippen LogP contribution in [0, 0.1) is 0 Å². The summed E-state index contributed by atoms with van der Waals surface area (Å²) in [6.07, 6.45) is 9.58.